The van der Waals surface area contributed by atoms with Crippen molar-refractivity contribution in [3.63, 3.8) is 0 Å². The van der Waals surface area contributed by atoms with Crippen molar-refractivity contribution in [1.82, 2.24) is 0 Å². The molecule has 0 bridgehead atoms. The van der Waals surface area contributed by atoms with Crippen LogP contribution in [-0.2, 0) is 23.7 Å². The van der Waals surface area contributed by atoms with E-state index in [0.717, 1.165) is 32.1 Å². The van der Waals surface area contributed by atoms with E-state index in [1.54, 1.807) is 0 Å². The summed E-state index contributed by atoms with van der Waals surface area (Å²) in [5, 5.41) is 86.1. The second kappa shape index (κ2) is 15.5. The van der Waals surface area contributed by atoms with Crippen LogP contribution < -0.4 is 0 Å². The Kier molecular flexibility index (Phi) is 12.2. The summed E-state index contributed by atoms with van der Waals surface area (Å²) in [6.07, 6.45) is -5.53. The third-order valence-electron chi connectivity index (χ3n) is 14.9. The molecule has 13 heteroatoms. The molecule has 51 heavy (non-hydrogen) atoms. The zero-order valence-electron chi connectivity index (χ0n) is 31.2. The molecule has 2 aliphatic heterocycles. The number of aliphatic hydroxyl groups is 8. The van der Waals surface area contributed by atoms with Crippen molar-refractivity contribution in [1.29, 1.82) is 0 Å². The van der Waals surface area contributed by atoms with Crippen LogP contribution in [0.3, 0.4) is 0 Å². The Morgan fingerprint density at radius 1 is 0.765 bits per heavy atom. The number of methoxy groups -OCH3 is 1. The van der Waals surface area contributed by atoms with Gasteiger partial charge in [-0.2, -0.15) is 0 Å². The zero-order valence-corrected chi connectivity index (χ0v) is 31.2. The lowest BCUT2D eigenvalue weighted by Crippen LogP contribution is -2.64. The maximum absolute atomic E-state index is 11.8. The topological polar surface area (TPSA) is 208 Å². The lowest BCUT2D eigenvalue weighted by molar-refractivity contribution is -0.310. The van der Waals surface area contributed by atoms with Gasteiger partial charge in [-0.1, -0.05) is 34.6 Å². The second-order valence-electron chi connectivity index (χ2n) is 17.9. The summed E-state index contributed by atoms with van der Waals surface area (Å²) in [6.45, 7) is 10.4. The van der Waals surface area contributed by atoms with Crippen LogP contribution in [0.5, 0.6) is 0 Å². The fraction of sp³-hybridized carbons (Fsp3) is 1.00. The van der Waals surface area contributed by atoms with Crippen LogP contribution in [0.4, 0.5) is 0 Å². The molecule has 2 heterocycles. The zero-order chi connectivity index (χ0) is 37.2. The smallest absolute Gasteiger partial charge is 0.186 e. The van der Waals surface area contributed by atoms with E-state index in [1.165, 1.54) is 7.11 Å². The van der Waals surface area contributed by atoms with Crippen LogP contribution in [0.15, 0.2) is 0 Å². The third-order valence-corrected chi connectivity index (χ3v) is 14.9. The van der Waals surface area contributed by atoms with E-state index in [9.17, 15) is 40.9 Å². The number of rotatable bonds is 11. The predicted molar refractivity (Wildman–Crippen MR) is 183 cm³/mol. The highest BCUT2D eigenvalue weighted by Crippen LogP contribution is 2.68. The molecule has 4 saturated carbocycles. The van der Waals surface area contributed by atoms with Crippen molar-refractivity contribution in [3.05, 3.63) is 0 Å². The van der Waals surface area contributed by atoms with E-state index in [2.05, 4.69) is 34.6 Å². The monoisotopic (exact) mass is 730 g/mol. The van der Waals surface area contributed by atoms with Crippen LogP contribution in [0.1, 0.15) is 86.0 Å². The average Bonchev–Trinajstić information content (AvgIpc) is 3.52. The summed E-state index contributed by atoms with van der Waals surface area (Å²) < 4.78 is 29.1. The lowest BCUT2D eigenvalue weighted by Gasteiger charge is -2.63. The maximum atomic E-state index is 11.8. The Balaban J connectivity index is 1.11. The van der Waals surface area contributed by atoms with Crippen molar-refractivity contribution in [2.75, 3.05) is 20.3 Å². The molecule has 0 aromatic rings. The molecular formula is C38H66O13. The molecule has 0 spiro atoms. The lowest BCUT2D eigenvalue weighted by atomic mass is 9.43. The van der Waals surface area contributed by atoms with E-state index in [-0.39, 0.29) is 59.0 Å². The summed E-state index contributed by atoms with van der Waals surface area (Å²) in [5.41, 5.74) is -0.467. The Labute approximate surface area is 302 Å². The van der Waals surface area contributed by atoms with Gasteiger partial charge in [0.1, 0.15) is 36.6 Å². The van der Waals surface area contributed by atoms with Crippen molar-refractivity contribution in [3.8, 4) is 0 Å². The number of ether oxygens (including phenoxy) is 5. The molecule has 6 aliphatic rings. The SMILES string of the molecule is CO[C@H]1[C@H](O[C@H]2CC[C@@]3(C)[C@H]([C@H]2O)[C@H](O)C[C@H]2[C@@H]4[C@@H](O)C[C@H]([C@H](C)CC[C@H](O[C@@H]5O[C@@H](CO)[C@H](O)[C@H]5O)C(C)C)[C@@]4(C)CC[C@@H]23)OC[C@@H](O)[C@@H]1O. The van der Waals surface area contributed by atoms with Gasteiger partial charge in [-0.05, 0) is 97.7 Å². The minimum atomic E-state index is -1.23. The molecule has 4 aliphatic carbocycles. The van der Waals surface area contributed by atoms with Crippen LogP contribution in [0, 0.1) is 52.3 Å². The third kappa shape index (κ3) is 7.08. The molecule has 0 aromatic heterocycles. The number of aliphatic hydroxyl groups excluding tert-OH is 8. The van der Waals surface area contributed by atoms with E-state index >= 15 is 0 Å². The first kappa shape index (κ1) is 40.2. The maximum Gasteiger partial charge on any atom is 0.186 e. The summed E-state index contributed by atoms with van der Waals surface area (Å²) in [5.74, 6) is 0.652. The van der Waals surface area contributed by atoms with Crippen LogP contribution in [-0.4, -0.2) is 141 Å². The van der Waals surface area contributed by atoms with Crippen molar-refractivity contribution in [2.24, 2.45) is 52.3 Å². The summed E-state index contributed by atoms with van der Waals surface area (Å²) in [7, 11) is 1.42. The molecule has 8 N–H and O–H groups in total. The minimum absolute atomic E-state index is 0.0318. The van der Waals surface area contributed by atoms with Gasteiger partial charge in [0.2, 0.25) is 0 Å². The number of hydrogen-bond acceptors (Lipinski definition) is 13. The fourth-order valence-corrected chi connectivity index (χ4v) is 12.2. The van der Waals surface area contributed by atoms with E-state index in [0.29, 0.717) is 19.3 Å². The summed E-state index contributed by atoms with van der Waals surface area (Å²) >= 11 is 0. The van der Waals surface area contributed by atoms with Gasteiger partial charge in [0, 0.05) is 13.0 Å². The predicted octanol–water partition coefficient (Wildman–Crippen LogP) is 0.933. The Hall–Kier alpha value is -0.520. The highest BCUT2D eigenvalue weighted by Gasteiger charge is 2.66. The normalized spacial score (nSPS) is 52.6. The largest absolute Gasteiger partial charge is 0.394 e. The Bertz CT molecular complexity index is 1160. The molecule has 21 atom stereocenters. The minimum Gasteiger partial charge on any atom is -0.394 e. The number of hydrogen-bond donors (Lipinski definition) is 8. The molecule has 2 saturated heterocycles. The molecule has 296 valence electrons. The van der Waals surface area contributed by atoms with Gasteiger partial charge in [0.05, 0.1) is 43.7 Å². The van der Waals surface area contributed by atoms with E-state index in [1.807, 2.05) is 0 Å². The van der Waals surface area contributed by atoms with Gasteiger partial charge in [0.25, 0.3) is 0 Å². The standard InChI is InChI=1S/C38H66O13/c1-17(2)25(49-35-33(46)32(45)27(15-39)51-35)8-7-18(3)21-14-23(41)28-19-13-22(40)29-31(44)26(50-36-34(47-6)30(43)24(42)16-48-36)10-12-37(29,4)20(19)9-11-38(21,28)5/h17-36,39-46H,7-16H2,1-6H3/t18-,19-,20+,21-,22-,23+,24-,25+,26+,27+,28-,29+,30+,31+,32+,33-,34-,35-,36+,37-,38-/m1/s1. The first-order valence-corrected chi connectivity index (χ1v) is 19.5. The van der Waals surface area contributed by atoms with Gasteiger partial charge in [-0.15, -0.1) is 0 Å². The van der Waals surface area contributed by atoms with Crippen molar-refractivity contribution in [2.45, 2.75) is 166 Å². The van der Waals surface area contributed by atoms with E-state index in [4.69, 9.17) is 23.7 Å². The Morgan fingerprint density at radius 2 is 1.45 bits per heavy atom. The second-order valence-corrected chi connectivity index (χ2v) is 17.9. The molecule has 13 nitrogen and oxygen atoms in total. The number of fused-ring (bicyclic) bond motifs is 5. The molecule has 0 amide bonds. The molecule has 0 aromatic carbocycles. The summed E-state index contributed by atoms with van der Waals surface area (Å²) in [4.78, 5) is 0. The van der Waals surface area contributed by atoms with Gasteiger partial charge >= 0.3 is 0 Å². The molecule has 6 fully saturated rings. The van der Waals surface area contributed by atoms with Gasteiger partial charge in [-0.25, -0.2) is 0 Å². The van der Waals surface area contributed by atoms with Crippen molar-refractivity contribution < 1.29 is 64.5 Å². The summed E-state index contributed by atoms with van der Waals surface area (Å²) in [6, 6.07) is 0. The highest BCUT2D eigenvalue weighted by atomic mass is 16.7. The van der Waals surface area contributed by atoms with Gasteiger partial charge < -0.3 is 64.5 Å². The molecular weight excluding hydrogens is 664 g/mol. The van der Waals surface area contributed by atoms with Crippen molar-refractivity contribution >= 4 is 0 Å². The quantitative estimate of drug-likeness (QED) is 0.140. The Morgan fingerprint density at radius 3 is 2.10 bits per heavy atom. The van der Waals surface area contributed by atoms with Crippen LogP contribution >= 0.6 is 0 Å². The first-order chi connectivity index (χ1) is 24.1. The van der Waals surface area contributed by atoms with Gasteiger partial charge in [-0.3, -0.25) is 0 Å². The molecule has 0 radical (unpaired) electrons. The van der Waals surface area contributed by atoms with Crippen LogP contribution in [0.2, 0.25) is 0 Å². The van der Waals surface area contributed by atoms with E-state index < -0.39 is 86.1 Å². The highest BCUT2D eigenvalue weighted by molar-refractivity contribution is 5.15. The van der Waals surface area contributed by atoms with Gasteiger partial charge in [0.15, 0.2) is 12.6 Å². The van der Waals surface area contributed by atoms with Crippen LogP contribution in [0.25, 0.3) is 0 Å². The average molecular weight is 731 g/mol. The fourth-order valence-electron chi connectivity index (χ4n) is 12.2. The first-order valence-electron chi connectivity index (χ1n) is 19.5. The molecule has 0 unspecified atom stereocenters. The molecule has 6 rings (SSSR count).